The Hall–Kier alpha value is -1.11. The second-order valence-electron chi connectivity index (χ2n) is 5.49. The Morgan fingerprint density at radius 3 is 2.28 bits per heavy atom. The Balaban J connectivity index is 2.30. The summed E-state index contributed by atoms with van der Waals surface area (Å²) in [5.74, 6) is 0.0952. The van der Waals surface area contributed by atoms with Gasteiger partial charge in [-0.2, -0.15) is 0 Å². The molecule has 0 saturated carbocycles. The number of aromatic nitrogens is 1. The molecule has 1 fully saturated rings. The van der Waals surface area contributed by atoms with E-state index in [2.05, 4.69) is 4.98 Å². The molecule has 98 valence electrons. The average molecular weight is 250 g/mol. The third-order valence-corrected chi connectivity index (χ3v) is 3.66. The molecule has 1 saturated heterocycles. The van der Waals surface area contributed by atoms with Crippen molar-refractivity contribution < 1.29 is 14.4 Å². The van der Waals surface area contributed by atoms with Crippen molar-refractivity contribution in [1.82, 2.24) is 4.98 Å². The molecule has 0 unspecified atom stereocenters. The highest BCUT2D eigenvalue weighted by atomic mass is 16.7. The topological polar surface area (TPSA) is 77.6 Å². The van der Waals surface area contributed by atoms with Gasteiger partial charge in [0.05, 0.1) is 22.5 Å². The van der Waals surface area contributed by atoms with Crippen LogP contribution in [0.1, 0.15) is 33.4 Å². The summed E-state index contributed by atoms with van der Waals surface area (Å²) < 4.78 is 11.8. The van der Waals surface area contributed by atoms with Crippen molar-refractivity contribution in [2.75, 3.05) is 0 Å². The summed E-state index contributed by atoms with van der Waals surface area (Å²) in [4.78, 5) is 4.28. The summed E-state index contributed by atoms with van der Waals surface area (Å²) in [7, 11) is -0.527. The fourth-order valence-corrected chi connectivity index (χ4v) is 1.76. The van der Waals surface area contributed by atoms with E-state index in [0.717, 1.165) is 0 Å². The van der Waals surface area contributed by atoms with Crippen LogP contribution in [0.5, 0.6) is 5.75 Å². The highest BCUT2D eigenvalue weighted by molar-refractivity contribution is 6.61. The number of nitrogens with two attached hydrogens (primary N) is 1. The zero-order chi connectivity index (χ0) is 13.6. The van der Waals surface area contributed by atoms with Gasteiger partial charge in [0.25, 0.3) is 0 Å². The fraction of sp³-hybridized carbons (Fsp3) is 0.583. The lowest BCUT2D eigenvalue weighted by Crippen LogP contribution is -2.41. The van der Waals surface area contributed by atoms with E-state index in [1.807, 2.05) is 27.7 Å². The molecule has 0 radical (unpaired) electrons. The molecular formula is C12H19BN2O3. The lowest BCUT2D eigenvalue weighted by Gasteiger charge is -2.32. The molecule has 6 heteroatoms. The molecule has 0 amide bonds. The van der Waals surface area contributed by atoms with Crippen LogP contribution in [-0.2, 0) is 15.9 Å². The van der Waals surface area contributed by atoms with Gasteiger partial charge in [-0.1, -0.05) is 0 Å². The minimum absolute atomic E-state index is 0.0952. The summed E-state index contributed by atoms with van der Waals surface area (Å²) in [6.07, 6.45) is 0. The standard InChI is InChI=1S/C12H19BN2O3/c1-11(2)12(3,4)18-13(17-11)10-6-5-9(16)8(7-14)15-10/h5-6,16H,7,14H2,1-4H3. The summed E-state index contributed by atoms with van der Waals surface area (Å²) in [6, 6.07) is 3.26. The first-order valence-corrected chi connectivity index (χ1v) is 6.01. The van der Waals surface area contributed by atoms with Gasteiger partial charge in [-0.05, 0) is 39.8 Å². The van der Waals surface area contributed by atoms with Crippen LogP contribution in [0, 0.1) is 0 Å². The van der Waals surface area contributed by atoms with Crippen LogP contribution in [0.2, 0.25) is 0 Å². The first kappa shape index (κ1) is 13.3. The van der Waals surface area contributed by atoms with Gasteiger partial charge in [0.2, 0.25) is 0 Å². The van der Waals surface area contributed by atoms with E-state index in [0.29, 0.717) is 11.3 Å². The number of pyridine rings is 1. The fourth-order valence-electron chi connectivity index (χ4n) is 1.76. The SMILES string of the molecule is CC1(C)OB(c2ccc(O)c(CN)n2)OC1(C)C. The van der Waals surface area contributed by atoms with E-state index < -0.39 is 18.3 Å². The van der Waals surface area contributed by atoms with E-state index in [4.69, 9.17) is 15.0 Å². The molecule has 2 heterocycles. The molecule has 1 aliphatic rings. The van der Waals surface area contributed by atoms with Gasteiger partial charge in [0.1, 0.15) is 5.75 Å². The van der Waals surface area contributed by atoms with Crippen molar-refractivity contribution in [2.24, 2.45) is 5.73 Å². The van der Waals surface area contributed by atoms with Crippen LogP contribution in [0.3, 0.4) is 0 Å². The van der Waals surface area contributed by atoms with Crippen LogP contribution < -0.4 is 11.3 Å². The molecular weight excluding hydrogens is 231 g/mol. The van der Waals surface area contributed by atoms with Crippen LogP contribution >= 0.6 is 0 Å². The molecule has 1 aromatic rings. The van der Waals surface area contributed by atoms with Crippen molar-refractivity contribution in [3.8, 4) is 5.75 Å². The Morgan fingerprint density at radius 2 is 1.78 bits per heavy atom. The molecule has 0 atom stereocenters. The van der Waals surface area contributed by atoms with Crippen LogP contribution in [0.4, 0.5) is 0 Å². The van der Waals surface area contributed by atoms with Gasteiger partial charge < -0.3 is 20.1 Å². The van der Waals surface area contributed by atoms with Gasteiger partial charge in [0.15, 0.2) is 0 Å². The third kappa shape index (κ3) is 2.11. The van der Waals surface area contributed by atoms with E-state index in [9.17, 15) is 5.11 Å². The number of hydrogen-bond donors (Lipinski definition) is 2. The quantitative estimate of drug-likeness (QED) is 0.749. The lowest BCUT2D eigenvalue weighted by atomic mass is 9.84. The maximum absolute atomic E-state index is 9.56. The molecule has 5 nitrogen and oxygen atoms in total. The van der Waals surface area contributed by atoms with Gasteiger partial charge >= 0.3 is 7.12 Å². The second kappa shape index (κ2) is 4.22. The average Bonchev–Trinajstić information content (AvgIpc) is 2.49. The van der Waals surface area contributed by atoms with Crippen molar-refractivity contribution in [3.05, 3.63) is 17.8 Å². The zero-order valence-corrected chi connectivity index (χ0v) is 11.2. The number of aromatic hydroxyl groups is 1. The Bertz CT molecular complexity index is 447. The molecule has 0 spiro atoms. The predicted molar refractivity (Wildman–Crippen MR) is 69.5 cm³/mol. The van der Waals surface area contributed by atoms with Crippen LogP contribution in [0.25, 0.3) is 0 Å². The first-order chi connectivity index (χ1) is 8.27. The molecule has 18 heavy (non-hydrogen) atoms. The number of rotatable bonds is 2. The molecule has 0 aliphatic carbocycles. The van der Waals surface area contributed by atoms with E-state index in [1.165, 1.54) is 0 Å². The Morgan fingerprint density at radius 1 is 1.22 bits per heavy atom. The predicted octanol–water partition coefficient (Wildman–Crippen LogP) is 0.545. The van der Waals surface area contributed by atoms with Gasteiger partial charge in [-0.25, -0.2) is 0 Å². The first-order valence-electron chi connectivity index (χ1n) is 6.01. The minimum atomic E-state index is -0.527. The Labute approximate surface area is 107 Å². The molecule has 1 aliphatic heterocycles. The van der Waals surface area contributed by atoms with Gasteiger partial charge in [-0.3, -0.25) is 4.98 Å². The van der Waals surface area contributed by atoms with Gasteiger partial charge in [0, 0.05) is 6.54 Å². The Kier molecular flexibility index (Phi) is 3.13. The summed E-state index contributed by atoms with van der Waals surface area (Å²) in [5.41, 5.74) is 5.79. The van der Waals surface area contributed by atoms with Crippen molar-refractivity contribution in [3.63, 3.8) is 0 Å². The maximum atomic E-state index is 9.56. The van der Waals surface area contributed by atoms with E-state index >= 15 is 0 Å². The van der Waals surface area contributed by atoms with Gasteiger partial charge in [-0.15, -0.1) is 0 Å². The highest BCUT2D eigenvalue weighted by Gasteiger charge is 2.52. The summed E-state index contributed by atoms with van der Waals surface area (Å²) in [6.45, 7) is 8.11. The minimum Gasteiger partial charge on any atom is -0.506 e. The highest BCUT2D eigenvalue weighted by Crippen LogP contribution is 2.36. The monoisotopic (exact) mass is 250 g/mol. The zero-order valence-electron chi connectivity index (χ0n) is 11.2. The number of nitrogens with zero attached hydrogens (tertiary/aromatic N) is 1. The molecule has 0 bridgehead atoms. The van der Waals surface area contributed by atoms with Crippen LogP contribution in [-0.4, -0.2) is 28.4 Å². The molecule has 1 aromatic heterocycles. The van der Waals surface area contributed by atoms with Crippen molar-refractivity contribution >= 4 is 12.7 Å². The summed E-state index contributed by atoms with van der Waals surface area (Å²) >= 11 is 0. The lowest BCUT2D eigenvalue weighted by molar-refractivity contribution is 0.00578. The van der Waals surface area contributed by atoms with Crippen molar-refractivity contribution in [2.45, 2.75) is 45.4 Å². The molecule has 2 rings (SSSR count). The molecule has 3 N–H and O–H groups in total. The smallest absolute Gasteiger partial charge is 0.506 e. The normalized spacial score (nSPS) is 21.3. The number of hydrogen-bond acceptors (Lipinski definition) is 5. The second-order valence-corrected chi connectivity index (χ2v) is 5.49. The molecule has 0 aromatic carbocycles. The van der Waals surface area contributed by atoms with E-state index in [1.54, 1.807) is 12.1 Å². The third-order valence-electron chi connectivity index (χ3n) is 3.66. The largest absolute Gasteiger partial charge is 0.514 e. The maximum Gasteiger partial charge on any atom is 0.514 e. The van der Waals surface area contributed by atoms with Crippen LogP contribution in [0.15, 0.2) is 12.1 Å². The van der Waals surface area contributed by atoms with Crippen molar-refractivity contribution in [1.29, 1.82) is 0 Å². The van der Waals surface area contributed by atoms with E-state index in [-0.39, 0.29) is 12.3 Å². The summed E-state index contributed by atoms with van der Waals surface area (Å²) in [5, 5.41) is 9.56.